The molecule has 7 heteroatoms. The van der Waals surface area contributed by atoms with Crippen LogP contribution < -0.4 is 5.32 Å². The van der Waals surface area contributed by atoms with E-state index in [1.807, 2.05) is 34.6 Å². The minimum Gasteiger partial charge on any atom is -0.394 e. The standard InChI is InChI=1S/C6H11O.C5H10NO.C2H6O2.2Y/c1-5(7)6(2,3)4;1-4(2)6-5(3)7;3-1-2-4;;/h1H2,2-4H3;4H,3H2,1-2H3,(H,6,7);3-4H,1-2H2;;/q2*-1;;;. The first-order chi connectivity index (χ1) is 7.98. The molecule has 0 aromatic rings. The smallest absolute Gasteiger partial charge is 0.0799 e. The van der Waals surface area contributed by atoms with E-state index in [1.54, 1.807) is 0 Å². The summed E-state index contributed by atoms with van der Waals surface area (Å²) in [7, 11) is 0. The minimum absolute atomic E-state index is 0. The van der Waals surface area contributed by atoms with E-state index in [4.69, 9.17) is 10.2 Å². The van der Waals surface area contributed by atoms with Crippen molar-refractivity contribution in [2.75, 3.05) is 13.2 Å². The predicted octanol–water partition coefficient (Wildman–Crippen LogP) is 0.747. The molecule has 116 valence electrons. The Morgan fingerprint density at radius 3 is 1.30 bits per heavy atom. The summed E-state index contributed by atoms with van der Waals surface area (Å²) >= 11 is 0. The first kappa shape index (κ1) is 32.8. The molecule has 20 heavy (non-hydrogen) atoms. The van der Waals surface area contributed by atoms with Gasteiger partial charge in [0.25, 0.3) is 0 Å². The van der Waals surface area contributed by atoms with Crippen LogP contribution in [0.3, 0.4) is 0 Å². The van der Waals surface area contributed by atoms with E-state index in [1.165, 1.54) is 0 Å². The van der Waals surface area contributed by atoms with Gasteiger partial charge in [-0.3, -0.25) is 0 Å². The summed E-state index contributed by atoms with van der Waals surface area (Å²) in [5.74, 6) is -0.220. The van der Waals surface area contributed by atoms with Crippen LogP contribution in [-0.2, 0) is 75.0 Å². The zero-order valence-electron chi connectivity index (χ0n) is 13.3. The quantitative estimate of drug-likeness (QED) is 0.555. The average Bonchev–Trinajstić information content (AvgIpc) is 2.15. The van der Waals surface area contributed by atoms with E-state index in [0.29, 0.717) is 0 Å². The molecule has 0 saturated carbocycles. The van der Waals surface area contributed by atoms with Gasteiger partial charge in [-0.25, -0.2) is 0 Å². The Bertz CT molecular complexity index is 227. The third kappa shape index (κ3) is 42.7. The van der Waals surface area contributed by atoms with Crippen LogP contribution in [0.15, 0.2) is 0 Å². The number of rotatable bonds is 2. The molecule has 0 atom stereocenters. The Morgan fingerprint density at radius 1 is 1.05 bits per heavy atom. The zero-order valence-corrected chi connectivity index (χ0v) is 18.9. The van der Waals surface area contributed by atoms with Gasteiger partial charge in [0.05, 0.1) is 19.1 Å². The third-order valence-corrected chi connectivity index (χ3v) is 1.39. The van der Waals surface area contributed by atoms with Gasteiger partial charge < -0.3 is 39.0 Å². The number of nitrogens with one attached hydrogen (secondary N) is 1. The molecule has 0 spiro atoms. The molecule has 0 aliphatic rings. The molecular formula is C13H27NO4Y2-2. The van der Waals surface area contributed by atoms with Gasteiger partial charge in [-0.15, -0.1) is 0 Å². The fourth-order valence-corrected chi connectivity index (χ4v) is 0.322. The molecule has 0 aliphatic carbocycles. The summed E-state index contributed by atoms with van der Waals surface area (Å²) in [6.07, 6.45) is 0. The number of hydrogen-bond donors (Lipinski definition) is 3. The molecular weight excluding hydrogens is 412 g/mol. The molecule has 1 amide bonds. The SMILES string of the molecule is OCCO.[CH2-]C(=O)C(C)(C)C.[CH2-]C(=O)NC(C)C.[Y].[Y]. The Hall–Kier alpha value is 1.01. The van der Waals surface area contributed by atoms with Crippen LogP contribution in [0.1, 0.15) is 34.6 Å². The fraction of sp³-hybridized carbons (Fsp3) is 0.692. The van der Waals surface area contributed by atoms with Crippen LogP contribution in [0.2, 0.25) is 0 Å². The average molecular weight is 439 g/mol. The van der Waals surface area contributed by atoms with Crippen molar-refractivity contribution in [3.8, 4) is 0 Å². The molecule has 0 aromatic heterocycles. The maximum absolute atomic E-state index is 10.4. The molecule has 0 heterocycles. The second-order valence-corrected chi connectivity index (χ2v) is 4.84. The number of carbonyl (C=O) groups is 2. The molecule has 0 bridgehead atoms. The first-order valence-electron chi connectivity index (χ1n) is 5.69. The van der Waals surface area contributed by atoms with Crippen LogP contribution in [-0.4, -0.2) is 41.2 Å². The van der Waals surface area contributed by atoms with Crippen molar-refractivity contribution in [2.45, 2.75) is 40.7 Å². The summed E-state index contributed by atoms with van der Waals surface area (Å²) < 4.78 is 0. The molecule has 2 radical (unpaired) electrons. The van der Waals surface area contributed by atoms with Crippen molar-refractivity contribution in [3.05, 3.63) is 13.8 Å². The van der Waals surface area contributed by atoms with Gasteiger partial charge in [0.15, 0.2) is 0 Å². The number of ketones is 1. The summed E-state index contributed by atoms with van der Waals surface area (Å²) in [6.45, 7) is 15.5. The largest absolute Gasteiger partial charge is 0.394 e. The van der Waals surface area contributed by atoms with Gasteiger partial charge in [-0.1, -0.05) is 20.8 Å². The van der Waals surface area contributed by atoms with E-state index >= 15 is 0 Å². The Balaban J connectivity index is -0.0000000555. The van der Waals surface area contributed by atoms with Crippen LogP contribution in [0.25, 0.3) is 0 Å². The van der Waals surface area contributed by atoms with Crippen LogP contribution in [0.4, 0.5) is 0 Å². The number of carbonyl (C=O) groups excluding carboxylic acids is 2. The van der Waals surface area contributed by atoms with E-state index in [2.05, 4.69) is 19.2 Å². The van der Waals surface area contributed by atoms with Crippen molar-refractivity contribution < 1.29 is 85.2 Å². The molecule has 0 aliphatic heterocycles. The van der Waals surface area contributed by atoms with Crippen LogP contribution >= 0.6 is 0 Å². The summed E-state index contributed by atoms with van der Waals surface area (Å²) in [5.41, 5.74) is -0.250. The molecule has 0 rings (SSSR count). The normalized spacial score (nSPS) is 8.60. The number of aliphatic hydroxyl groups is 2. The second kappa shape index (κ2) is 20.0. The van der Waals surface area contributed by atoms with E-state index < -0.39 is 0 Å². The second-order valence-electron chi connectivity index (χ2n) is 4.84. The molecule has 3 N–H and O–H groups in total. The first-order valence-corrected chi connectivity index (χ1v) is 5.69. The molecule has 0 saturated heterocycles. The number of amides is 1. The maximum Gasteiger partial charge on any atom is 0.0799 e. The summed E-state index contributed by atoms with van der Waals surface area (Å²) in [4.78, 5) is 20.4. The fourth-order valence-electron chi connectivity index (χ4n) is 0.322. The van der Waals surface area contributed by atoms with Gasteiger partial charge in [0, 0.05) is 77.2 Å². The Labute approximate surface area is 173 Å². The van der Waals surface area contributed by atoms with E-state index in [9.17, 15) is 9.59 Å². The van der Waals surface area contributed by atoms with Gasteiger partial charge in [-0.05, 0) is 19.3 Å². The zero-order chi connectivity index (χ0) is 15.4. The van der Waals surface area contributed by atoms with Gasteiger partial charge in [0.1, 0.15) is 0 Å². The third-order valence-electron chi connectivity index (χ3n) is 1.39. The van der Waals surface area contributed by atoms with E-state index in [0.717, 1.165) is 0 Å². The molecule has 0 aromatic carbocycles. The molecule has 0 unspecified atom stereocenters. The van der Waals surface area contributed by atoms with Crippen molar-refractivity contribution in [3.63, 3.8) is 0 Å². The topological polar surface area (TPSA) is 86.6 Å². The number of aliphatic hydroxyl groups excluding tert-OH is 2. The predicted molar refractivity (Wildman–Crippen MR) is 72.6 cm³/mol. The number of Topliss-reactive ketones (excluding diaryl/α,β-unsaturated/α-hetero) is 1. The number of hydrogen-bond acceptors (Lipinski definition) is 4. The minimum atomic E-state index is -0.250. The van der Waals surface area contributed by atoms with Crippen molar-refractivity contribution >= 4 is 11.7 Å². The molecule has 5 nitrogen and oxygen atoms in total. The van der Waals surface area contributed by atoms with Crippen LogP contribution in [0, 0.1) is 19.3 Å². The Kier molecular flexibility index (Phi) is 32.8. The van der Waals surface area contributed by atoms with Crippen molar-refractivity contribution in [2.24, 2.45) is 5.41 Å². The summed E-state index contributed by atoms with van der Waals surface area (Å²) in [5, 5.41) is 17.8. The molecule has 0 fully saturated rings. The van der Waals surface area contributed by atoms with Crippen molar-refractivity contribution in [1.82, 2.24) is 5.32 Å². The van der Waals surface area contributed by atoms with Gasteiger partial charge in [0.2, 0.25) is 0 Å². The monoisotopic (exact) mass is 439 g/mol. The Morgan fingerprint density at radius 2 is 1.30 bits per heavy atom. The van der Waals surface area contributed by atoms with E-state index in [-0.39, 0.29) is 102 Å². The summed E-state index contributed by atoms with van der Waals surface area (Å²) in [6, 6.07) is 0.213. The van der Waals surface area contributed by atoms with Gasteiger partial charge >= 0.3 is 0 Å². The van der Waals surface area contributed by atoms with Crippen LogP contribution in [0.5, 0.6) is 0 Å². The maximum atomic E-state index is 10.4. The van der Waals surface area contributed by atoms with Gasteiger partial charge in [-0.2, -0.15) is 0 Å². The van der Waals surface area contributed by atoms with Crippen molar-refractivity contribution in [1.29, 1.82) is 0 Å².